The molecule has 2 amide bonds. The molecule has 210 valence electrons. The van der Waals surface area contributed by atoms with Crippen LogP contribution >= 0.6 is 13.5 Å². The summed E-state index contributed by atoms with van der Waals surface area (Å²) in [6.07, 6.45) is 6.16. The van der Waals surface area contributed by atoms with E-state index in [2.05, 4.69) is 26.3 Å². The van der Waals surface area contributed by atoms with E-state index in [1.807, 2.05) is 42.2 Å². The van der Waals surface area contributed by atoms with Gasteiger partial charge in [-0.25, -0.2) is 9.97 Å². The van der Waals surface area contributed by atoms with Gasteiger partial charge in [-0.1, -0.05) is 12.1 Å². The van der Waals surface area contributed by atoms with Crippen LogP contribution in [-0.2, 0) is 9.59 Å². The smallest absolute Gasteiger partial charge is 0.238 e. The van der Waals surface area contributed by atoms with Gasteiger partial charge in [-0.2, -0.15) is 23.7 Å². The fourth-order valence-electron chi connectivity index (χ4n) is 5.97. The van der Waals surface area contributed by atoms with Gasteiger partial charge in [0.1, 0.15) is 18.1 Å². The van der Waals surface area contributed by atoms with Crippen molar-refractivity contribution in [2.45, 2.75) is 38.6 Å². The van der Waals surface area contributed by atoms with E-state index >= 15 is 0 Å². The van der Waals surface area contributed by atoms with Crippen molar-refractivity contribution in [2.24, 2.45) is 5.41 Å². The van der Waals surface area contributed by atoms with Crippen molar-refractivity contribution in [3.63, 3.8) is 0 Å². The predicted octanol–water partition coefficient (Wildman–Crippen LogP) is 3.76. The SMILES string of the molecule is CC1(C#N)CN(c2nc(Nc3cnc4c(c3)N3C(=O)CC[C@H]3CO4)ncc2-c2ccc(N3CCCC3=O)cc2)C1.S. The monoisotopic (exact) mass is 570 g/mol. The highest BCUT2D eigenvalue weighted by molar-refractivity contribution is 7.59. The Morgan fingerprint density at radius 1 is 1.10 bits per heavy atom. The van der Waals surface area contributed by atoms with Gasteiger partial charge in [0.2, 0.25) is 23.6 Å². The normalized spacial score (nSPS) is 20.4. The number of amides is 2. The molecule has 0 unspecified atom stereocenters. The standard InChI is InChI=1S/C29H28N8O3.H2S/c1-29(15-30)16-35(17-29)26-22(18-4-6-20(7-5-18)36-10-2-3-24(36)38)13-32-28(34-26)33-19-11-23-27(31-12-19)40-14-21-8-9-25(39)37(21)23;/h4-7,11-13,21H,2-3,8-10,14,16-17H2,1H3,(H,32,33,34);1H2/t21-;/m0./s1. The Morgan fingerprint density at radius 3 is 2.63 bits per heavy atom. The summed E-state index contributed by atoms with van der Waals surface area (Å²) in [5.74, 6) is 1.78. The summed E-state index contributed by atoms with van der Waals surface area (Å²) in [6, 6.07) is 12.2. The third-order valence-corrected chi connectivity index (χ3v) is 8.07. The third kappa shape index (κ3) is 4.70. The molecule has 3 fully saturated rings. The van der Waals surface area contributed by atoms with Crippen molar-refractivity contribution < 1.29 is 14.3 Å². The van der Waals surface area contributed by atoms with Crippen LogP contribution in [0.25, 0.3) is 11.1 Å². The minimum atomic E-state index is -0.434. The first-order valence-corrected chi connectivity index (χ1v) is 13.6. The summed E-state index contributed by atoms with van der Waals surface area (Å²) < 4.78 is 5.79. The number of aromatic nitrogens is 3. The fraction of sp³-hybridized carbons (Fsp3) is 0.379. The van der Waals surface area contributed by atoms with Crippen molar-refractivity contribution in [3.05, 3.63) is 42.7 Å². The molecule has 1 aromatic carbocycles. The van der Waals surface area contributed by atoms with Crippen molar-refractivity contribution >= 4 is 54.1 Å². The van der Waals surface area contributed by atoms with E-state index in [9.17, 15) is 14.9 Å². The molecule has 6 heterocycles. The molecular formula is C29H30N8O3S. The second-order valence-corrected chi connectivity index (χ2v) is 11.1. The maximum Gasteiger partial charge on any atom is 0.238 e. The van der Waals surface area contributed by atoms with Crippen LogP contribution in [0.4, 0.5) is 28.8 Å². The number of fused-ring (bicyclic) bond motifs is 3. The Labute approximate surface area is 244 Å². The van der Waals surface area contributed by atoms with Crippen LogP contribution in [0.5, 0.6) is 5.88 Å². The zero-order valence-electron chi connectivity index (χ0n) is 22.6. The number of nitriles is 1. The molecule has 12 heteroatoms. The highest BCUT2D eigenvalue weighted by Gasteiger charge is 2.41. The fourth-order valence-corrected chi connectivity index (χ4v) is 5.97. The Bertz CT molecular complexity index is 1570. The van der Waals surface area contributed by atoms with Crippen LogP contribution < -0.4 is 24.8 Å². The maximum absolute atomic E-state index is 12.5. The van der Waals surface area contributed by atoms with Gasteiger partial charge < -0.3 is 24.8 Å². The molecule has 3 aromatic rings. The van der Waals surface area contributed by atoms with Gasteiger partial charge in [0.15, 0.2) is 0 Å². The molecule has 3 saturated heterocycles. The maximum atomic E-state index is 12.5. The lowest BCUT2D eigenvalue weighted by Crippen LogP contribution is -2.54. The summed E-state index contributed by atoms with van der Waals surface area (Å²) >= 11 is 0. The lowest BCUT2D eigenvalue weighted by atomic mass is 9.83. The number of carbonyl (C=O) groups is 2. The van der Waals surface area contributed by atoms with E-state index < -0.39 is 5.41 Å². The molecule has 0 aliphatic carbocycles. The molecule has 41 heavy (non-hydrogen) atoms. The molecule has 0 spiro atoms. The van der Waals surface area contributed by atoms with Crippen LogP contribution in [0.1, 0.15) is 32.6 Å². The van der Waals surface area contributed by atoms with E-state index in [0.717, 1.165) is 42.0 Å². The largest absolute Gasteiger partial charge is 0.474 e. The highest BCUT2D eigenvalue weighted by atomic mass is 32.1. The van der Waals surface area contributed by atoms with E-state index in [1.54, 1.807) is 17.3 Å². The number of carbonyl (C=O) groups excluding carboxylic acids is 2. The van der Waals surface area contributed by atoms with Crippen molar-refractivity contribution in [1.29, 1.82) is 5.26 Å². The second kappa shape index (κ2) is 10.2. The molecule has 0 bridgehead atoms. The average Bonchev–Trinajstić information content (AvgIpc) is 3.56. The molecule has 1 atom stereocenters. The van der Waals surface area contributed by atoms with Crippen molar-refractivity contribution in [2.75, 3.05) is 46.3 Å². The van der Waals surface area contributed by atoms with E-state index in [-0.39, 0.29) is 31.4 Å². The lowest BCUT2D eigenvalue weighted by molar-refractivity contribution is -0.118. The quantitative estimate of drug-likeness (QED) is 0.488. The van der Waals surface area contributed by atoms with Gasteiger partial charge in [-0.3, -0.25) is 9.59 Å². The molecule has 0 radical (unpaired) electrons. The first-order valence-electron chi connectivity index (χ1n) is 13.6. The number of pyridine rings is 1. The van der Waals surface area contributed by atoms with E-state index in [0.29, 0.717) is 55.7 Å². The van der Waals surface area contributed by atoms with Gasteiger partial charge in [0.25, 0.3) is 0 Å². The molecule has 1 N–H and O–H groups in total. The van der Waals surface area contributed by atoms with Gasteiger partial charge in [0, 0.05) is 49.9 Å². The summed E-state index contributed by atoms with van der Waals surface area (Å²) in [7, 11) is 0. The van der Waals surface area contributed by atoms with Gasteiger partial charge in [-0.05, 0) is 43.5 Å². The van der Waals surface area contributed by atoms with Crippen LogP contribution in [0, 0.1) is 16.7 Å². The molecule has 4 aliphatic rings. The van der Waals surface area contributed by atoms with Crippen LogP contribution in [0.3, 0.4) is 0 Å². The number of anilines is 5. The summed E-state index contributed by atoms with van der Waals surface area (Å²) in [5.41, 5.74) is 3.52. The van der Waals surface area contributed by atoms with Gasteiger partial charge >= 0.3 is 0 Å². The first-order chi connectivity index (χ1) is 19.4. The minimum Gasteiger partial charge on any atom is -0.474 e. The Morgan fingerprint density at radius 2 is 1.90 bits per heavy atom. The predicted molar refractivity (Wildman–Crippen MR) is 159 cm³/mol. The number of nitrogens with one attached hydrogen (secondary N) is 1. The highest BCUT2D eigenvalue weighted by Crippen LogP contribution is 2.41. The molecule has 7 rings (SSSR count). The minimum absolute atomic E-state index is 0. The van der Waals surface area contributed by atoms with Crippen LogP contribution in [-0.4, -0.2) is 59.0 Å². The van der Waals surface area contributed by atoms with Gasteiger partial charge in [-0.15, -0.1) is 0 Å². The summed E-state index contributed by atoms with van der Waals surface area (Å²) in [5, 5.41) is 12.8. The second-order valence-electron chi connectivity index (χ2n) is 11.1. The Kier molecular flexibility index (Phi) is 6.69. The number of nitrogens with zero attached hydrogens (tertiary/aromatic N) is 7. The zero-order chi connectivity index (χ0) is 27.4. The molecule has 4 aliphatic heterocycles. The molecule has 0 saturated carbocycles. The Balaban J connectivity index is 0.00000302. The lowest BCUT2D eigenvalue weighted by Gasteiger charge is -2.44. The average molecular weight is 571 g/mol. The zero-order valence-corrected chi connectivity index (χ0v) is 23.6. The van der Waals surface area contributed by atoms with Crippen LogP contribution in [0.2, 0.25) is 0 Å². The van der Waals surface area contributed by atoms with Crippen molar-refractivity contribution in [1.82, 2.24) is 15.0 Å². The number of hydrogen-bond donors (Lipinski definition) is 1. The molecule has 2 aromatic heterocycles. The van der Waals surface area contributed by atoms with Crippen LogP contribution in [0.15, 0.2) is 42.7 Å². The first kappa shape index (κ1) is 26.8. The summed E-state index contributed by atoms with van der Waals surface area (Å²) in [6.45, 7) is 4.26. The number of benzene rings is 1. The number of ether oxygens (including phenoxy) is 1. The Hall–Kier alpha value is -4.37. The molecule has 11 nitrogen and oxygen atoms in total. The number of rotatable bonds is 5. The van der Waals surface area contributed by atoms with E-state index in [1.165, 1.54) is 0 Å². The van der Waals surface area contributed by atoms with E-state index in [4.69, 9.17) is 9.72 Å². The topological polar surface area (TPSA) is 128 Å². The third-order valence-electron chi connectivity index (χ3n) is 8.07. The molecular weight excluding hydrogens is 540 g/mol. The van der Waals surface area contributed by atoms with Gasteiger partial charge in [0.05, 0.1) is 29.4 Å². The number of hydrogen-bond acceptors (Lipinski definition) is 9. The summed E-state index contributed by atoms with van der Waals surface area (Å²) in [4.78, 5) is 44.3. The van der Waals surface area contributed by atoms with Crippen molar-refractivity contribution in [3.8, 4) is 23.1 Å².